The van der Waals surface area contributed by atoms with E-state index in [2.05, 4.69) is 15.9 Å². The normalized spacial score (nSPS) is 10.2. The summed E-state index contributed by atoms with van der Waals surface area (Å²) in [5.41, 5.74) is 0.929. The molecule has 0 spiro atoms. The zero-order valence-corrected chi connectivity index (χ0v) is 9.20. The van der Waals surface area contributed by atoms with Gasteiger partial charge < -0.3 is 9.84 Å². The largest absolute Gasteiger partial charge is 0.506 e. The third-order valence-corrected chi connectivity index (χ3v) is 2.69. The van der Waals surface area contributed by atoms with E-state index in [1.165, 1.54) is 7.11 Å². The molecule has 0 aliphatic rings. The molecule has 0 saturated heterocycles. The first-order valence-corrected chi connectivity index (χ1v) is 4.51. The summed E-state index contributed by atoms with van der Waals surface area (Å²) >= 11 is 2.96. The highest BCUT2D eigenvalue weighted by atomic mass is 79.9. The quantitative estimate of drug-likeness (QED) is 0.829. The van der Waals surface area contributed by atoms with Crippen molar-refractivity contribution < 1.29 is 14.2 Å². The van der Waals surface area contributed by atoms with Crippen LogP contribution in [0.15, 0.2) is 4.47 Å². The Morgan fingerprint density at radius 3 is 2.31 bits per heavy atom. The number of aromatic hydroxyl groups is 1. The molecule has 1 N–H and O–H groups in total. The fraction of sp³-hybridized carbons (Fsp3) is 0.333. The van der Waals surface area contributed by atoms with Gasteiger partial charge in [0.2, 0.25) is 0 Å². The number of benzene rings is 1. The third-order valence-electron chi connectivity index (χ3n) is 1.97. The van der Waals surface area contributed by atoms with Crippen LogP contribution >= 0.6 is 15.9 Å². The van der Waals surface area contributed by atoms with E-state index in [0.29, 0.717) is 16.9 Å². The van der Waals surface area contributed by atoms with E-state index in [1.807, 2.05) is 0 Å². The Morgan fingerprint density at radius 1 is 1.31 bits per heavy atom. The lowest BCUT2D eigenvalue weighted by molar-refractivity contribution is 0.391. The maximum absolute atomic E-state index is 13.3. The smallest absolute Gasteiger partial charge is 0.147 e. The minimum absolute atomic E-state index is 0.0864. The minimum atomic E-state index is -0.486. The van der Waals surface area contributed by atoms with Crippen LogP contribution in [0.5, 0.6) is 11.5 Å². The second kappa shape index (κ2) is 3.54. The van der Waals surface area contributed by atoms with Gasteiger partial charge in [0.25, 0.3) is 0 Å². The zero-order valence-electron chi connectivity index (χ0n) is 7.61. The van der Waals surface area contributed by atoms with Crippen LogP contribution in [0.1, 0.15) is 11.1 Å². The lowest BCUT2D eigenvalue weighted by atomic mass is 10.1. The van der Waals surface area contributed by atoms with Gasteiger partial charge in [0.1, 0.15) is 17.3 Å². The molecule has 1 aromatic carbocycles. The number of halogens is 2. The molecule has 0 radical (unpaired) electrons. The van der Waals surface area contributed by atoms with Crippen LogP contribution in [0.3, 0.4) is 0 Å². The van der Waals surface area contributed by atoms with Crippen LogP contribution in [0.2, 0.25) is 0 Å². The van der Waals surface area contributed by atoms with Gasteiger partial charge in [0, 0.05) is 11.1 Å². The highest BCUT2D eigenvalue weighted by Crippen LogP contribution is 2.39. The average Bonchev–Trinajstić information content (AvgIpc) is 2.13. The predicted molar refractivity (Wildman–Crippen MR) is 51.8 cm³/mol. The van der Waals surface area contributed by atoms with E-state index < -0.39 is 5.82 Å². The number of hydrogen-bond donors (Lipinski definition) is 1. The summed E-state index contributed by atoms with van der Waals surface area (Å²) in [7, 11) is 1.45. The van der Waals surface area contributed by atoms with Crippen LogP contribution < -0.4 is 4.74 Å². The molecule has 4 heteroatoms. The maximum Gasteiger partial charge on any atom is 0.147 e. The number of methoxy groups -OCH3 is 1. The van der Waals surface area contributed by atoms with Gasteiger partial charge in [-0.3, -0.25) is 0 Å². The van der Waals surface area contributed by atoms with Crippen LogP contribution in [0.4, 0.5) is 4.39 Å². The Balaban J connectivity index is 3.56. The average molecular weight is 249 g/mol. The van der Waals surface area contributed by atoms with Crippen molar-refractivity contribution in [2.75, 3.05) is 7.11 Å². The van der Waals surface area contributed by atoms with Gasteiger partial charge >= 0.3 is 0 Å². The van der Waals surface area contributed by atoms with Crippen molar-refractivity contribution in [1.82, 2.24) is 0 Å². The predicted octanol–water partition coefficient (Wildman–Crippen LogP) is 2.92. The zero-order chi connectivity index (χ0) is 10.2. The summed E-state index contributed by atoms with van der Waals surface area (Å²) < 4.78 is 18.4. The van der Waals surface area contributed by atoms with Crippen molar-refractivity contribution in [2.24, 2.45) is 0 Å². The van der Waals surface area contributed by atoms with Crippen molar-refractivity contribution in [3.63, 3.8) is 0 Å². The van der Waals surface area contributed by atoms with E-state index >= 15 is 0 Å². The number of phenolic OH excluding ortho intramolecular Hbond substituents is 1. The topological polar surface area (TPSA) is 29.5 Å². The van der Waals surface area contributed by atoms with Gasteiger partial charge in [-0.2, -0.15) is 0 Å². The standard InChI is InChI=1S/C9H10BrFO2/c1-4-7(11)6(10)8(12)5(2)9(4)13-3/h12H,1-3H3. The Morgan fingerprint density at radius 2 is 1.85 bits per heavy atom. The van der Waals surface area contributed by atoms with Crippen LogP contribution in [-0.2, 0) is 0 Å². The number of ether oxygens (including phenoxy) is 1. The summed E-state index contributed by atoms with van der Waals surface area (Å²) in [5, 5.41) is 9.46. The fourth-order valence-corrected chi connectivity index (χ4v) is 1.82. The Kier molecular flexibility index (Phi) is 2.81. The molecule has 0 saturated carbocycles. The Bertz CT molecular complexity index is 321. The Hall–Kier alpha value is -0.770. The number of hydrogen-bond acceptors (Lipinski definition) is 2. The van der Waals surface area contributed by atoms with Crippen molar-refractivity contribution in [1.29, 1.82) is 0 Å². The van der Waals surface area contributed by atoms with Gasteiger partial charge in [-0.05, 0) is 29.8 Å². The van der Waals surface area contributed by atoms with E-state index in [9.17, 15) is 9.50 Å². The second-order valence-electron chi connectivity index (χ2n) is 2.76. The molecule has 1 aromatic rings. The summed E-state index contributed by atoms with van der Waals surface area (Å²) in [6.07, 6.45) is 0. The highest BCUT2D eigenvalue weighted by molar-refractivity contribution is 9.10. The first-order valence-electron chi connectivity index (χ1n) is 3.71. The number of rotatable bonds is 1. The van der Waals surface area contributed by atoms with E-state index in [-0.39, 0.29) is 10.2 Å². The molecule has 0 aliphatic heterocycles. The third kappa shape index (κ3) is 1.50. The SMILES string of the molecule is COc1c(C)c(O)c(Br)c(F)c1C. The molecule has 0 aliphatic carbocycles. The monoisotopic (exact) mass is 248 g/mol. The van der Waals surface area contributed by atoms with Crippen molar-refractivity contribution in [2.45, 2.75) is 13.8 Å². The second-order valence-corrected chi connectivity index (χ2v) is 3.55. The molecule has 0 fully saturated rings. The highest BCUT2D eigenvalue weighted by Gasteiger charge is 2.17. The molecular formula is C9H10BrFO2. The first kappa shape index (κ1) is 10.3. The van der Waals surface area contributed by atoms with Crippen LogP contribution in [0, 0.1) is 19.7 Å². The molecule has 0 bridgehead atoms. The minimum Gasteiger partial charge on any atom is -0.506 e. The van der Waals surface area contributed by atoms with Crippen LogP contribution in [-0.4, -0.2) is 12.2 Å². The maximum atomic E-state index is 13.3. The molecule has 0 heterocycles. The molecule has 0 aromatic heterocycles. The summed E-state index contributed by atoms with van der Waals surface area (Å²) in [6, 6.07) is 0. The van der Waals surface area contributed by atoms with Crippen molar-refractivity contribution >= 4 is 15.9 Å². The first-order chi connectivity index (χ1) is 6.00. The summed E-state index contributed by atoms with van der Waals surface area (Å²) in [5.74, 6) is -0.210. The Labute approximate surface area is 84.5 Å². The van der Waals surface area contributed by atoms with Gasteiger partial charge in [0.05, 0.1) is 11.6 Å². The van der Waals surface area contributed by atoms with Crippen molar-refractivity contribution in [3.05, 3.63) is 21.4 Å². The molecule has 1 rings (SSSR count). The fourth-order valence-electron chi connectivity index (χ4n) is 1.23. The summed E-state index contributed by atoms with van der Waals surface area (Å²) in [4.78, 5) is 0. The van der Waals surface area contributed by atoms with E-state index in [4.69, 9.17) is 4.74 Å². The number of phenols is 1. The van der Waals surface area contributed by atoms with Gasteiger partial charge in [-0.15, -0.1) is 0 Å². The van der Waals surface area contributed by atoms with Crippen LogP contribution in [0.25, 0.3) is 0 Å². The lowest BCUT2D eigenvalue weighted by Gasteiger charge is -2.12. The molecule has 13 heavy (non-hydrogen) atoms. The summed E-state index contributed by atoms with van der Waals surface area (Å²) in [6.45, 7) is 3.27. The van der Waals surface area contributed by atoms with E-state index in [1.54, 1.807) is 13.8 Å². The molecular weight excluding hydrogens is 239 g/mol. The molecule has 0 atom stereocenters. The van der Waals surface area contributed by atoms with Gasteiger partial charge in [0.15, 0.2) is 0 Å². The van der Waals surface area contributed by atoms with Crippen molar-refractivity contribution in [3.8, 4) is 11.5 Å². The van der Waals surface area contributed by atoms with Gasteiger partial charge in [-0.1, -0.05) is 0 Å². The molecule has 0 unspecified atom stereocenters. The molecule has 0 amide bonds. The molecule has 72 valence electrons. The van der Waals surface area contributed by atoms with E-state index in [0.717, 1.165) is 0 Å². The van der Waals surface area contributed by atoms with Gasteiger partial charge in [-0.25, -0.2) is 4.39 Å². The molecule has 2 nitrogen and oxygen atoms in total. The lowest BCUT2D eigenvalue weighted by Crippen LogP contribution is -1.96.